The summed E-state index contributed by atoms with van der Waals surface area (Å²) in [5.41, 5.74) is 2.91. The first-order valence-corrected chi connectivity index (χ1v) is 10.8. The van der Waals surface area contributed by atoms with Crippen LogP contribution in [0.25, 0.3) is 11.0 Å². The van der Waals surface area contributed by atoms with Crippen LogP contribution < -0.4 is 0 Å². The van der Waals surface area contributed by atoms with E-state index >= 15 is 0 Å². The molecule has 150 valence electrons. The van der Waals surface area contributed by atoms with Gasteiger partial charge in [0.15, 0.2) is 0 Å². The molecule has 0 radical (unpaired) electrons. The summed E-state index contributed by atoms with van der Waals surface area (Å²) >= 11 is 6.34. The highest BCUT2D eigenvalue weighted by Gasteiger charge is 2.45. The molecule has 1 saturated carbocycles. The summed E-state index contributed by atoms with van der Waals surface area (Å²) in [5, 5.41) is 1.63. The molecule has 1 N–H and O–H groups in total. The molecule has 5 nitrogen and oxygen atoms in total. The lowest BCUT2D eigenvalue weighted by atomic mass is 9.91. The third-order valence-electron chi connectivity index (χ3n) is 6.65. The zero-order valence-electron chi connectivity index (χ0n) is 16.4. The molecule has 1 aliphatic carbocycles. The van der Waals surface area contributed by atoms with Crippen LogP contribution in [0.15, 0.2) is 42.9 Å². The van der Waals surface area contributed by atoms with Crippen LogP contribution >= 0.6 is 11.6 Å². The number of carbonyl (C=O) groups is 1. The minimum atomic E-state index is 0.0528. The largest absolute Gasteiger partial charge is 0.346 e. The highest BCUT2D eigenvalue weighted by atomic mass is 35.5. The number of carbonyl (C=O) groups excluding carboxylic acids is 1. The van der Waals surface area contributed by atoms with E-state index < -0.39 is 0 Å². The third kappa shape index (κ3) is 3.64. The van der Waals surface area contributed by atoms with Gasteiger partial charge < -0.3 is 9.88 Å². The smallest absolute Gasteiger partial charge is 0.255 e. The number of hydrogen-bond acceptors (Lipinski definition) is 3. The van der Waals surface area contributed by atoms with Gasteiger partial charge >= 0.3 is 0 Å². The monoisotopic (exact) mass is 408 g/mol. The van der Waals surface area contributed by atoms with E-state index in [-0.39, 0.29) is 5.91 Å². The highest BCUT2D eigenvalue weighted by Crippen LogP contribution is 2.51. The second-order valence-electron chi connectivity index (χ2n) is 8.58. The summed E-state index contributed by atoms with van der Waals surface area (Å²) in [5.74, 6) is 0.378. The molecule has 2 fully saturated rings. The van der Waals surface area contributed by atoms with Crippen molar-refractivity contribution >= 4 is 28.5 Å². The van der Waals surface area contributed by atoms with Gasteiger partial charge in [0.2, 0.25) is 0 Å². The Hall–Kier alpha value is -2.40. The number of fused-ring (bicyclic) bond motifs is 1. The van der Waals surface area contributed by atoms with E-state index in [9.17, 15) is 4.79 Å². The van der Waals surface area contributed by atoms with Crippen LogP contribution in [0.1, 0.15) is 60.5 Å². The second kappa shape index (κ2) is 7.45. The van der Waals surface area contributed by atoms with E-state index in [1.54, 1.807) is 12.4 Å². The first-order valence-electron chi connectivity index (χ1n) is 10.5. The molecule has 1 spiro atoms. The van der Waals surface area contributed by atoms with Gasteiger partial charge in [-0.15, -0.1) is 0 Å². The quantitative estimate of drug-likeness (QED) is 0.634. The Morgan fingerprint density at radius 3 is 2.83 bits per heavy atom. The Bertz CT molecular complexity index is 1040. The lowest BCUT2D eigenvalue weighted by Crippen LogP contribution is -2.37. The van der Waals surface area contributed by atoms with Crippen LogP contribution in [0.3, 0.4) is 0 Å². The fourth-order valence-electron chi connectivity index (χ4n) is 4.80. The summed E-state index contributed by atoms with van der Waals surface area (Å²) in [7, 11) is 0. The number of nitrogens with one attached hydrogen (secondary N) is 1. The van der Waals surface area contributed by atoms with Crippen molar-refractivity contribution < 1.29 is 4.79 Å². The molecule has 1 aromatic carbocycles. The minimum Gasteiger partial charge on any atom is -0.346 e. The van der Waals surface area contributed by atoms with Gasteiger partial charge in [-0.3, -0.25) is 4.79 Å². The maximum atomic E-state index is 13.3. The first-order chi connectivity index (χ1) is 14.2. The standard InChI is InChI=1S/C23H25ClN4O/c24-19-6-2-1-5-17(19)22(29)28-13-8-16(4-3-9-23(14-28)10-11-23)20-18-7-12-25-21(18)27-15-26-20/h1-2,5-7,12,15-16H,3-4,8-11,13-14H2,(H,25,26,27). The number of aromatic amines is 1. The topological polar surface area (TPSA) is 61.9 Å². The van der Waals surface area contributed by atoms with Crippen molar-refractivity contribution in [3.05, 3.63) is 59.1 Å². The molecule has 1 unspecified atom stereocenters. The summed E-state index contributed by atoms with van der Waals surface area (Å²) in [6, 6.07) is 9.45. The molecule has 2 aromatic heterocycles. The van der Waals surface area contributed by atoms with E-state index in [1.165, 1.54) is 25.7 Å². The van der Waals surface area contributed by atoms with Gasteiger partial charge in [0.25, 0.3) is 5.91 Å². The predicted octanol–water partition coefficient (Wildman–Crippen LogP) is 5.19. The molecule has 6 heteroatoms. The average Bonchev–Trinajstić information content (AvgIpc) is 3.28. The number of H-pyrrole nitrogens is 1. The molecule has 3 aromatic rings. The van der Waals surface area contributed by atoms with E-state index in [2.05, 4.69) is 21.0 Å². The number of hydrogen-bond donors (Lipinski definition) is 1. The normalized spacial score (nSPS) is 21.6. The Labute approximate surface area is 175 Å². The predicted molar refractivity (Wildman–Crippen MR) is 114 cm³/mol. The maximum Gasteiger partial charge on any atom is 0.255 e. The third-order valence-corrected chi connectivity index (χ3v) is 6.98. The fourth-order valence-corrected chi connectivity index (χ4v) is 5.01. The minimum absolute atomic E-state index is 0.0528. The molecule has 1 aliphatic heterocycles. The molecule has 5 rings (SSSR count). The van der Waals surface area contributed by atoms with Crippen LogP contribution in [0.4, 0.5) is 0 Å². The average molecular weight is 409 g/mol. The Morgan fingerprint density at radius 2 is 2.00 bits per heavy atom. The molecule has 29 heavy (non-hydrogen) atoms. The van der Waals surface area contributed by atoms with Crippen molar-refractivity contribution in [1.82, 2.24) is 19.9 Å². The van der Waals surface area contributed by atoms with Crippen LogP contribution in [-0.4, -0.2) is 38.8 Å². The van der Waals surface area contributed by atoms with Gasteiger partial charge in [0, 0.05) is 30.6 Å². The zero-order valence-corrected chi connectivity index (χ0v) is 17.2. The van der Waals surface area contributed by atoms with E-state index in [0.29, 0.717) is 21.9 Å². The SMILES string of the molecule is O=C(c1ccccc1Cl)N1CCC(c2ncnc3[nH]ccc23)CCCC2(CC2)C1. The number of amides is 1. The number of rotatable bonds is 2. The molecule has 2 aliphatic rings. The Balaban J connectivity index is 1.44. The molecular formula is C23H25ClN4O. The van der Waals surface area contributed by atoms with Gasteiger partial charge in [-0.05, 0) is 55.7 Å². The summed E-state index contributed by atoms with van der Waals surface area (Å²) in [6.07, 6.45) is 10.4. The highest BCUT2D eigenvalue weighted by molar-refractivity contribution is 6.33. The van der Waals surface area contributed by atoms with Crippen molar-refractivity contribution in [2.45, 2.75) is 44.4 Å². The van der Waals surface area contributed by atoms with Crippen LogP contribution in [0.5, 0.6) is 0 Å². The maximum absolute atomic E-state index is 13.3. The summed E-state index contributed by atoms with van der Waals surface area (Å²) in [4.78, 5) is 27.6. The van der Waals surface area contributed by atoms with Crippen molar-refractivity contribution in [3.8, 4) is 0 Å². The van der Waals surface area contributed by atoms with Crippen LogP contribution in [-0.2, 0) is 0 Å². The molecule has 1 amide bonds. The van der Waals surface area contributed by atoms with Crippen molar-refractivity contribution in [2.75, 3.05) is 13.1 Å². The number of aromatic nitrogens is 3. The van der Waals surface area contributed by atoms with E-state index in [0.717, 1.165) is 42.7 Å². The van der Waals surface area contributed by atoms with E-state index in [1.807, 2.05) is 29.3 Å². The number of benzene rings is 1. The van der Waals surface area contributed by atoms with Gasteiger partial charge in [-0.2, -0.15) is 0 Å². The van der Waals surface area contributed by atoms with Crippen LogP contribution in [0.2, 0.25) is 5.02 Å². The van der Waals surface area contributed by atoms with Gasteiger partial charge in [-0.1, -0.05) is 30.2 Å². The summed E-state index contributed by atoms with van der Waals surface area (Å²) in [6.45, 7) is 1.57. The van der Waals surface area contributed by atoms with Gasteiger partial charge in [0.1, 0.15) is 12.0 Å². The Morgan fingerprint density at radius 1 is 1.14 bits per heavy atom. The molecule has 0 bridgehead atoms. The molecule has 1 atom stereocenters. The van der Waals surface area contributed by atoms with Crippen molar-refractivity contribution in [3.63, 3.8) is 0 Å². The van der Waals surface area contributed by atoms with Crippen molar-refractivity contribution in [2.24, 2.45) is 5.41 Å². The molecule has 1 saturated heterocycles. The zero-order chi connectivity index (χ0) is 19.8. The Kier molecular flexibility index (Phi) is 4.78. The van der Waals surface area contributed by atoms with Crippen LogP contribution in [0, 0.1) is 5.41 Å². The first kappa shape index (κ1) is 18.6. The lowest BCUT2D eigenvalue weighted by Gasteiger charge is -2.28. The number of nitrogens with zero attached hydrogens (tertiary/aromatic N) is 3. The number of halogens is 1. The molecular weight excluding hydrogens is 384 g/mol. The summed E-state index contributed by atoms with van der Waals surface area (Å²) < 4.78 is 0. The molecule has 3 heterocycles. The second-order valence-corrected chi connectivity index (χ2v) is 8.99. The lowest BCUT2D eigenvalue weighted by molar-refractivity contribution is 0.0714. The van der Waals surface area contributed by atoms with Gasteiger partial charge in [-0.25, -0.2) is 9.97 Å². The van der Waals surface area contributed by atoms with Crippen molar-refractivity contribution in [1.29, 1.82) is 0 Å². The fraction of sp³-hybridized carbons (Fsp3) is 0.435. The van der Waals surface area contributed by atoms with Gasteiger partial charge in [0.05, 0.1) is 16.3 Å². The van der Waals surface area contributed by atoms with E-state index in [4.69, 9.17) is 11.6 Å².